The van der Waals surface area contributed by atoms with Crippen LogP contribution in [0.25, 0.3) is 6.08 Å². The summed E-state index contributed by atoms with van der Waals surface area (Å²) in [6.07, 6.45) is 3.43. The first kappa shape index (κ1) is 17.7. The molecule has 4 nitrogen and oxygen atoms in total. The minimum absolute atomic E-state index is 0.196. The van der Waals surface area contributed by atoms with Gasteiger partial charge in [0.25, 0.3) is 5.91 Å². The smallest absolute Gasteiger partial charge is 0.266 e. The summed E-state index contributed by atoms with van der Waals surface area (Å²) in [6.45, 7) is 1.66. The van der Waals surface area contributed by atoms with Crippen LogP contribution in [-0.2, 0) is 9.59 Å². The van der Waals surface area contributed by atoms with Crippen LogP contribution in [0.15, 0.2) is 46.3 Å². The highest BCUT2D eigenvalue weighted by Crippen LogP contribution is 2.34. The zero-order valence-corrected chi connectivity index (χ0v) is 14.6. The van der Waals surface area contributed by atoms with E-state index in [0.29, 0.717) is 9.94 Å². The molecule has 0 aliphatic carbocycles. The fourth-order valence-electron chi connectivity index (χ4n) is 2.08. The van der Waals surface area contributed by atoms with E-state index in [1.807, 2.05) is 30.3 Å². The second-order valence-electron chi connectivity index (χ2n) is 4.73. The van der Waals surface area contributed by atoms with Crippen LogP contribution in [0.5, 0.6) is 0 Å². The Kier molecular flexibility index (Phi) is 5.98. The summed E-state index contributed by atoms with van der Waals surface area (Å²) in [5.74, 6) is -1.79. The number of amides is 1. The lowest BCUT2D eigenvalue weighted by Crippen LogP contribution is -2.49. The maximum absolute atomic E-state index is 12.4. The molecule has 1 aliphatic heterocycles. The molecule has 1 aliphatic rings. The Hall–Kier alpha value is -1.63. The van der Waals surface area contributed by atoms with Crippen molar-refractivity contribution < 1.29 is 14.7 Å². The molecule has 120 valence electrons. The highest BCUT2D eigenvalue weighted by Gasteiger charge is 2.37. The van der Waals surface area contributed by atoms with Gasteiger partial charge in [-0.3, -0.25) is 9.69 Å². The Morgan fingerprint density at radius 1 is 1.43 bits per heavy atom. The number of allylic oxidation sites excluding steroid dienone is 2. The Morgan fingerprint density at radius 3 is 2.65 bits per heavy atom. The predicted molar refractivity (Wildman–Crippen MR) is 94.5 cm³/mol. The van der Waals surface area contributed by atoms with E-state index in [2.05, 4.69) is 0 Å². The third kappa shape index (κ3) is 4.22. The number of rotatable bonds is 5. The number of carbonyl (C=O) groups is 2. The van der Waals surface area contributed by atoms with Crippen LogP contribution in [0.4, 0.5) is 0 Å². The van der Waals surface area contributed by atoms with E-state index in [4.69, 9.17) is 23.8 Å². The molecule has 1 amide bonds. The molecule has 0 spiro atoms. The lowest BCUT2D eigenvalue weighted by molar-refractivity contribution is -0.310. The van der Waals surface area contributed by atoms with E-state index in [9.17, 15) is 14.7 Å². The van der Waals surface area contributed by atoms with E-state index in [1.54, 1.807) is 13.0 Å². The summed E-state index contributed by atoms with van der Waals surface area (Å²) < 4.78 is 0.196. The number of thiocarbonyl (C=S) groups is 1. The highest BCUT2D eigenvalue weighted by atomic mass is 35.5. The molecule has 1 fully saturated rings. The third-order valence-electron chi connectivity index (χ3n) is 3.17. The summed E-state index contributed by atoms with van der Waals surface area (Å²) >= 11 is 12.3. The summed E-state index contributed by atoms with van der Waals surface area (Å²) in [5.41, 5.74) is 0.894. The minimum Gasteiger partial charge on any atom is -0.548 e. The van der Waals surface area contributed by atoms with Gasteiger partial charge >= 0.3 is 0 Å². The molecular formula is C16H13ClNO3S2-. The fourth-order valence-corrected chi connectivity index (χ4v) is 3.73. The summed E-state index contributed by atoms with van der Waals surface area (Å²) in [5, 5.41) is 11.5. The lowest BCUT2D eigenvalue weighted by atomic mass is 10.2. The maximum atomic E-state index is 12.4. The van der Waals surface area contributed by atoms with Crippen molar-refractivity contribution in [1.82, 2.24) is 4.90 Å². The first-order valence-electron chi connectivity index (χ1n) is 6.84. The molecule has 0 bridgehead atoms. The standard InChI is InChI=1S/C16H14ClNO3S2/c1-2-12(15(20)21)18-14(19)13(23-16(18)22)9-11(17)8-10-6-4-3-5-7-10/h3-9,12H,2H2,1H3,(H,20,21)/p-1/b11-8-,13-9-/t12-/m0/s1. The number of benzene rings is 1. The number of halogens is 1. The highest BCUT2D eigenvalue weighted by molar-refractivity contribution is 8.26. The number of hydrogen-bond acceptors (Lipinski definition) is 5. The number of hydrogen-bond donors (Lipinski definition) is 0. The molecule has 0 saturated carbocycles. The van der Waals surface area contributed by atoms with Gasteiger partial charge in [-0.25, -0.2) is 0 Å². The van der Waals surface area contributed by atoms with E-state index >= 15 is 0 Å². The molecule has 0 unspecified atom stereocenters. The van der Waals surface area contributed by atoms with Crippen molar-refractivity contribution in [1.29, 1.82) is 0 Å². The fraction of sp³-hybridized carbons (Fsp3) is 0.188. The normalized spacial score (nSPS) is 18.6. The maximum Gasteiger partial charge on any atom is 0.266 e. The Balaban J connectivity index is 2.25. The predicted octanol–water partition coefficient (Wildman–Crippen LogP) is 2.54. The largest absolute Gasteiger partial charge is 0.548 e. The van der Waals surface area contributed by atoms with Gasteiger partial charge in [-0.15, -0.1) is 0 Å². The van der Waals surface area contributed by atoms with Crippen molar-refractivity contribution in [3.05, 3.63) is 51.9 Å². The van der Waals surface area contributed by atoms with Crippen LogP contribution in [-0.4, -0.2) is 27.1 Å². The van der Waals surface area contributed by atoms with Gasteiger partial charge in [0.05, 0.1) is 16.9 Å². The molecule has 23 heavy (non-hydrogen) atoms. The number of thioether (sulfide) groups is 1. The molecule has 1 atom stereocenters. The van der Waals surface area contributed by atoms with Gasteiger partial charge in [0.15, 0.2) is 0 Å². The van der Waals surface area contributed by atoms with Crippen molar-refractivity contribution in [2.75, 3.05) is 0 Å². The van der Waals surface area contributed by atoms with Crippen LogP contribution in [0.1, 0.15) is 18.9 Å². The average molecular weight is 367 g/mol. The van der Waals surface area contributed by atoms with Crippen LogP contribution in [0, 0.1) is 0 Å². The van der Waals surface area contributed by atoms with Crippen molar-refractivity contribution in [2.24, 2.45) is 0 Å². The van der Waals surface area contributed by atoms with Crippen LogP contribution in [0.2, 0.25) is 0 Å². The minimum atomic E-state index is -1.32. The van der Waals surface area contributed by atoms with Gasteiger partial charge in [0, 0.05) is 5.03 Å². The number of aliphatic carboxylic acids is 1. The van der Waals surface area contributed by atoms with Crippen LogP contribution < -0.4 is 5.11 Å². The molecule has 7 heteroatoms. The SMILES string of the molecule is CC[C@@H](C(=O)[O-])N1C(=O)/C(=C/C(Cl)=C/c2ccccc2)SC1=S. The molecule has 1 saturated heterocycles. The lowest BCUT2D eigenvalue weighted by Gasteiger charge is -2.26. The van der Waals surface area contributed by atoms with Crippen molar-refractivity contribution in [3.8, 4) is 0 Å². The molecule has 2 rings (SSSR count). The molecule has 0 N–H and O–H groups in total. The Morgan fingerprint density at radius 2 is 2.09 bits per heavy atom. The Labute approximate surface area is 148 Å². The molecular weight excluding hydrogens is 354 g/mol. The van der Waals surface area contributed by atoms with Gasteiger partial charge in [0.2, 0.25) is 0 Å². The first-order valence-corrected chi connectivity index (χ1v) is 8.44. The van der Waals surface area contributed by atoms with E-state index in [-0.39, 0.29) is 10.7 Å². The average Bonchev–Trinajstić information content (AvgIpc) is 2.76. The number of carbonyl (C=O) groups excluding carboxylic acids is 2. The summed E-state index contributed by atoms with van der Waals surface area (Å²) in [6, 6.07) is 8.34. The Bertz CT molecular complexity index is 701. The van der Waals surface area contributed by atoms with Crippen molar-refractivity contribution in [3.63, 3.8) is 0 Å². The van der Waals surface area contributed by atoms with Gasteiger partial charge in [-0.1, -0.05) is 72.8 Å². The second kappa shape index (κ2) is 7.77. The zero-order chi connectivity index (χ0) is 17.0. The molecule has 1 heterocycles. The molecule has 1 aromatic carbocycles. The van der Waals surface area contributed by atoms with Crippen molar-refractivity contribution >= 4 is 57.9 Å². The quantitative estimate of drug-likeness (QED) is 0.592. The van der Waals surface area contributed by atoms with Crippen LogP contribution in [0.3, 0.4) is 0 Å². The van der Waals surface area contributed by atoms with E-state index in [1.165, 1.54) is 6.08 Å². The van der Waals surface area contributed by atoms with E-state index in [0.717, 1.165) is 22.2 Å². The number of carboxylic acids is 1. The molecule has 0 aromatic heterocycles. The summed E-state index contributed by atoms with van der Waals surface area (Å²) in [4.78, 5) is 24.9. The summed E-state index contributed by atoms with van der Waals surface area (Å²) in [7, 11) is 0. The molecule has 1 aromatic rings. The van der Waals surface area contributed by atoms with Gasteiger partial charge in [-0.05, 0) is 24.1 Å². The molecule has 0 radical (unpaired) electrons. The number of carboxylic acid groups (broad SMARTS) is 1. The third-order valence-corrected chi connectivity index (χ3v) is 4.72. The first-order chi connectivity index (χ1) is 10.9. The topological polar surface area (TPSA) is 60.4 Å². The van der Waals surface area contributed by atoms with Gasteiger partial charge < -0.3 is 9.90 Å². The van der Waals surface area contributed by atoms with E-state index < -0.39 is 17.9 Å². The van der Waals surface area contributed by atoms with Gasteiger partial charge in [-0.2, -0.15) is 0 Å². The number of nitrogens with zero attached hydrogens (tertiary/aromatic N) is 1. The van der Waals surface area contributed by atoms with Gasteiger partial charge in [0.1, 0.15) is 4.32 Å². The monoisotopic (exact) mass is 366 g/mol. The van der Waals surface area contributed by atoms with Crippen LogP contribution >= 0.6 is 35.6 Å². The second-order valence-corrected chi connectivity index (χ2v) is 6.85. The van der Waals surface area contributed by atoms with Crippen molar-refractivity contribution in [2.45, 2.75) is 19.4 Å². The zero-order valence-electron chi connectivity index (χ0n) is 12.2.